The van der Waals surface area contributed by atoms with E-state index < -0.39 is 5.97 Å². The van der Waals surface area contributed by atoms with E-state index in [1.54, 1.807) is 18.5 Å². The third-order valence-corrected chi connectivity index (χ3v) is 4.79. The van der Waals surface area contributed by atoms with Crippen molar-refractivity contribution in [1.82, 2.24) is 15.3 Å². The lowest BCUT2D eigenvalue weighted by Crippen LogP contribution is -2.31. The molecule has 2 N–H and O–H groups in total. The Morgan fingerprint density at radius 2 is 1.89 bits per heavy atom. The first kappa shape index (κ1) is 19.8. The normalized spacial score (nSPS) is 13.9. The van der Waals surface area contributed by atoms with Crippen molar-refractivity contribution in [3.63, 3.8) is 0 Å². The Morgan fingerprint density at radius 3 is 2.68 bits per heavy atom. The topological polar surface area (TPSA) is 93.2 Å². The van der Waals surface area contributed by atoms with Crippen LogP contribution in [-0.2, 0) is 27.2 Å². The van der Waals surface area contributed by atoms with Gasteiger partial charge in [-0.2, -0.15) is 0 Å². The summed E-state index contributed by atoms with van der Waals surface area (Å²) in [4.78, 5) is 31.9. The number of nitrogens with one attached hydrogen (secondary N) is 2. The van der Waals surface area contributed by atoms with E-state index in [0.29, 0.717) is 12.5 Å². The first-order chi connectivity index (χ1) is 13.6. The minimum Gasteiger partial charge on any atom is -0.456 e. The number of nitrogens with zero attached hydrogens (tertiary/aromatic N) is 2. The van der Waals surface area contributed by atoms with Crippen LogP contribution in [0, 0.1) is 0 Å². The molecule has 1 unspecified atom stereocenters. The molecule has 0 bridgehead atoms. The lowest BCUT2D eigenvalue weighted by Gasteiger charge is -2.20. The third kappa shape index (κ3) is 5.77. The van der Waals surface area contributed by atoms with E-state index in [9.17, 15) is 9.59 Å². The zero-order chi connectivity index (χ0) is 19.8. The number of carbonyl (C=O) groups excluding carboxylic acids is 2. The van der Waals surface area contributed by atoms with Crippen LogP contribution in [0.25, 0.3) is 0 Å². The van der Waals surface area contributed by atoms with Gasteiger partial charge in [0.1, 0.15) is 0 Å². The Labute approximate surface area is 164 Å². The van der Waals surface area contributed by atoms with Crippen LogP contribution in [0.5, 0.6) is 0 Å². The van der Waals surface area contributed by atoms with E-state index in [4.69, 9.17) is 4.74 Å². The van der Waals surface area contributed by atoms with Crippen LogP contribution in [0.15, 0.2) is 36.7 Å². The summed E-state index contributed by atoms with van der Waals surface area (Å²) in [7, 11) is 0. The maximum atomic E-state index is 12.1. The molecule has 7 nitrogen and oxygen atoms in total. The van der Waals surface area contributed by atoms with Gasteiger partial charge in [-0.3, -0.25) is 9.59 Å². The molecule has 0 saturated carbocycles. The number of fused-ring (bicyclic) bond motifs is 1. The Morgan fingerprint density at radius 1 is 1.14 bits per heavy atom. The molecule has 1 atom stereocenters. The quantitative estimate of drug-likeness (QED) is 0.682. The zero-order valence-electron chi connectivity index (χ0n) is 16.1. The molecule has 1 amide bonds. The number of ether oxygens (including phenoxy) is 1. The molecule has 1 heterocycles. The molecular formula is C21H26N4O3. The second-order valence-electron chi connectivity index (χ2n) is 6.93. The molecule has 148 valence electrons. The van der Waals surface area contributed by atoms with Crippen LogP contribution < -0.4 is 10.6 Å². The first-order valence-corrected chi connectivity index (χ1v) is 9.69. The minimum atomic E-state index is -0.444. The number of esters is 1. The standard InChI is InChI=1S/C21H26N4O3/c1-15(17-8-7-16-5-2-3-6-18(16)13-17)25-19(26)14-28-20(27)9-12-24-21-22-10-4-11-23-21/h4,7-8,10-11,13,15H,2-3,5-6,9,12,14H2,1H3,(H,25,26)(H,22,23,24). The van der Waals surface area contributed by atoms with Crippen molar-refractivity contribution < 1.29 is 14.3 Å². The third-order valence-electron chi connectivity index (χ3n) is 4.79. The van der Waals surface area contributed by atoms with Crippen LogP contribution in [-0.4, -0.2) is 35.0 Å². The second kappa shape index (κ2) is 9.82. The van der Waals surface area contributed by atoms with E-state index in [1.165, 1.54) is 24.0 Å². The monoisotopic (exact) mass is 382 g/mol. The molecule has 1 aliphatic rings. The maximum absolute atomic E-state index is 12.1. The van der Waals surface area contributed by atoms with Gasteiger partial charge in [-0.15, -0.1) is 0 Å². The van der Waals surface area contributed by atoms with Crippen LogP contribution >= 0.6 is 0 Å². The Bertz CT molecular complexity index is 811. The highest BCUT2D eigenvalue weighted by molar-refractivity contribution is 5.81. The van der Waals surface area contributed by atoms with Gasteiger partial charge in [-0.1, -0.05) is 18.2 Å². The fourth-order valence-corrected chi connectivity index (χ4v) is 3.27. The van der Waals surface area contributed by atoms with E-state index >= 15 is 0 Å². The Hall–Kier alpha value is -2.96. The molecule has 0 saturated heterocycles. The second-order valence-corrected chi connectivity index (χ2v) is 6.93. The number of aryl methyl sites for hydroxylation is 2. The largest absolute Gasteiger partial charge is 0.456 e. The van der Waals surface area contributed by atoms with E-state index in [1.807, 2.05) is 6.92 Å². The molecule has 3 rings (SSSR count). The Balaban J connectivity index is 1.38. The van der Waals surface area contributed by atoms with Gasteiger partial charge >= 0.3 is 5.97 Å². The van der Waals surface area contributed by atoms with E-state index in [-0.39, 0.29) is 25.0 Å². The summed E-state index contributed by atoms with van der Waals surface area (Å²) >= 11 is 0. The van der Waals surface area contributed by atoms with Gasteiger partial charge in [-0.05, 0) is 55.4 Å². The Kier molecular flexibility index (Phi) is 6.94. The first-order valence-electron chi connectivity index (χ1n) is 9.69. The summed E-state index contributed by atoms with van der Waals surface area (Å²) in [6.45, 7) is 2.00. The zero-order valence-corrected chi connectivity index (χ0v) is 16.1. The van der Waals surface area contributed by atoms with Gasteiger partial charge in [-0.25, -0.2) is 9.97 Å². The summed E-state index contributed by atoms with van der Waals surface area (Å²) in [5.74, 6) is -0.301. The average molecular weight is 382 g/mol. The summed E-state index contributed by atoms with van der Waals surface area (Å²) in [6.07, 6.45) is 8.06. The van der Waals surface area contributed by atoms with Crippen molar-refractivity contribution in [1.29, 1.82) is 0 Å². The van der Waals surface area contributed by atoms with Crippen LogP contribution in [0.2, 0.25) is 0 Å². The summed E-state index contributed by atoms with van der Waals surface area (Å²) < 4.78 is 5.04. The molecule has 0 spiro atoms. The molecule has 1 aromatic heterocycles. The van der Waals surface area contributed by atoms with Crippen molar-refractivity contribution in [3.05, 3.63) is 53.3 Å². The number of anilines is 1. The summed E-state index contributed by atoms with van der Waals surface area (Å²) in [6, 6.07) is 8.00. The van der Waals surface area contributed by atoms with Crippen molar-refractivity contribution in [2.45, 2.75) is 45.1 Å². The predicted molar refractivity (Wildman–Crippen MR) is 106 cm³/mol. The molecule has 0 fully saturated rings. The van der Waals surface area contributed by atoms with Crippen LogP contribution in [0.1, 0.15) is 48.9 Å². The highest BCUT2D eigenvalue weighted by Crippen LogP contribution is 2.24. The lowest BCUT2D eigenvalue weighted by atomic mass is 9.89. The van der Waals surface area contributed by atoms with Crippen molar-refractivity contribution in [2.24, 2.45) is 0 Å². The SMILES string of the molecule is CC(NC(=O)COC(=O)CCNc1ncccn1)c1ccc2c(c1)CCCC2. The number of hydrogen-bond donors (Lipinski definition) is 2. The fourth-order valence-electron chi connectivity index (χ4n) is 3.27. The highest BCUT2D eigenvalue weighted by Gasteiger charge is 2.15. The molecule has 1 aromatic carbocycles. The van der Waals surface area contributed by atoms with Gasteiger partial charge in [0, 0.05) is 18.9 Å². The number of hydrogen-bond acceptors (Lipinski definition) is 6. The minimum absolute atomic E-state index is 0.129. The van der Waals surface area contributed by atoms with E-state index in [0.717, 1.165) is 18.4 Å². The molecular weight excluding hydrogens is 356 g/mol. The number of benzene rings is 1. The van der Waals surface area contributed by atoms with Gasteiger partial charge in [0.25, 0.3) is 5.91 Å². The van der Waals surface area contributed by atoms with Crippen molar-refractivity contribution >= 4 is 17.8 Å². The molecule has 1 aliphatic carbocycles. The smallest absolute Gasteiger partial charge is 0.308 e. The summed E-state index contributed by atoms with van der Waals surface area (Å²) in [5, 5.41) is 5.81. The number of rotatable bonds is 8. The fraction of sp³-hybridized carbons (Fsp3) is 0.429. The maximum Gasteiger partial charge on any atom is 0.308 e. The van der Waals surface area contributed by atoms with Crippen molar-refractivity contribution in [2.75, 3.05) is 18.5 Å². The predicted octanol–water partition coefficient (Wildman–Crippen LogP) is 2.58. The van der Waals surface area contributed by atoms with E-state index in [2.05, 4.69) is 38.8 Å². The van der Waals surface area contributed by atoms with Crippen molar-refractivity contribution in [3.8, 4) is 0 Å². The highest BCUT2D eigenvalue weighted by atomic mass is 16.5. The van der Waals surface area contributed by atoms with Gasteiger partial charge < -0.3 is 15.4 Å². The average Bonchev–Trinajstić information content (AvgIpc) is 2.72. The molecule has 0 aliphatic heterocycles. The number of aromatic nitrogens is 2. The van der Waals surface area contributed by atoms with Crippen LogP contribution in [0.4, 0.5) is 5.95 Å². The van der Waals surface area contributed by atoms with Gasteiger partial charge in [0.2, 0.25) is 5.95 Å². The molecule has 2 aromatic rings. The molecule has 28 heavy (non-hydrogen) atoms. The van der Waals surface area contributed by atoms with Crippen LogP contribution in [0.3, 0.4) is 0 Å². The lowest BCUT2D eigenvalue weighted by molar-refractivity contribution is -0.148. The number of carbonyl (C=O) groups is 2. The van der Waals surface area contributed by atoms with Gasteiger partial charge in [0.05, 0.1) is 12.5 Å². The molecule has 7 heteroatoms. The molecule has 0 radical (unpaired) electrons. The summed E-state index contributed by atoms with van der Waals surface area (Å²) in [5.41, 5.74) is 3.87. The number of amides is 1. The van der Waals surface area contributed by atoms with Gasteiger partial charge in [0.15, 0.2) is 6.61 Å².